The normalized spacial score (nSPS) is 9.74. The first-order valence-corrected chi connectivity index (χ1v) is 5.82. The Morgan fingerprint density at radius 3 is 2.32 bits per heavy atom. The lowest BCUT2D eigenvalue weighted by Crippen LogP contribution is -2.37. The van der Waals surface area contributed by atoms with E-state index in [0.29, 0.717) is 5.56 Å². The molecule has 0 atom stereocenters. The van der Waals surface area contributed by atoms with Crippen molar-refractivity contribution in [3.8, 4) is 0 Å². The molecule has 0 spiro atoms. The minimum atomic E-state index is -0.982. The Hall–Kier alpha value is -2.37. The molecule has 0 aliphatic heterocycles. The van der Waals surface area contributed by atoms with Crippen molar-refractivity contribution in [2.75, 3.05) is 13.1 Å². The minimum Gasteiger partial charge on any atom is -0.481 e. The molecule has 1 aromatic rings. The van der Waals surface area contributed by atoms with Crippen molar-refractivity contribution in [1.29, 1.82) is 0 Å². The Morgan fingerprint density at radius 2 is 1.74 bits per heavy atom. The number of carbonyl (C=O) groups is 3. The molecule has 2 amide bonds. The van der Waals surface area contributed by atoms with Crippen LogP contribution in [0, 0.1) is 6.92 Å². The molecule has 0 saturated heterocycles. The van der Waals surface area contributed by atoms with Crippen LogP contribution >= 0.6 is 0 Å². The zero-order chi connectivity index (χ0) is 14.3. The van der Waals surface area contributed by atoms with Crippen molar-refractivity contribution in [1.82, 2.24) is 10.6 Å². The highest BCUT2D eigenvalue weighted by Crippen LogP contribution is 2.02. The van der Waals surface area contributed by atoms with Crippen LogP contribution in [0.25, 0.3) is 0 Å². The minimum absolute atomic E-state index is 0.0502. The Morgan fingerprint density at radius 1 is 1.11 bits per heavy atom. The molecule has 0 aromatic heterocycles. The molecule has 0 radical (unpaired) electrons. The highest BCUT2D eigenvalue weighted by Gasteiger charge is 2.07. The Labute approximate surface area is 110 Å². The van der Waals surface area contributed by atoms with Gasteiger partial charge < -0.3 is 15.7 Å². The summed E-state index contributed by atoms with van der Waals surface area (Å²) in [6.07, 6.45) is -0.141. The smallest absolute Gasteiger partial charge is 0.305 e. The highest BCUT2D eigenvalue weighted by molar-refractivity contribution is 5.96. The topological polar surface area (TPSA) is 95.5 Å². The maximum absolute atomic E-state index is 11.7. The molecule has 19 heavy (non-hydrogen) atoms. The summed E-state index contributed by atoms with van der Waals surface area (Å²) in [6, 6.07) is 6.96. The molecule has 102 valence electrons. The molecule has 0 aliphatic rings. The summed E-state index contributed by atoms with van der Waals surface area (Å²) < 4.78 is 0. The molecule has 0 saturated carbocycles. The molecule has 3 N–H and O–H groups in total. The van der Waals surface area contributed by atoms with Crippen LogP contribution in [0.3, 0.4) is 0 Å². The third-order valence-electron chi connectivity index (χ3n) is 2.38. The standard InChI is InChI=1S/C13H16N2O4/c1-9-2-4-10(5-3-9)13(19)15-8-11(16)14-7-6-12(17)18/h2-5H,6-8H2,1H3,(H,14,16)(H,15,19)(H,17,18). The highest BCUT2D eigenvalue weighted by atomic mass is 16.4. The van der Waals surface area contributed by atoms with Gasteiger partial charge in [-0.05, 0) is 19.1 Å². The van der Waals surface area contributed by atoms with Crippen LogP contribution in [0.15, 0.2) is 24.3 Å². The first-order valence-electron chi connectivity index (χ1n) is 5.82. The van der Waals surface area contributed by atoms with E-state index in [2.05, 4.69) is 10.6 Å². The number of aryl methyl sites for hydroxylation is 1. The van der Waals surface area contributed by atoms with Gasteiger partial charge in [-0.25, -0.2) is 0 Å². The van der Waals surface area contributed by atoms with E-state index < -0.39 is 11.9 Å². The Kier molecular flexibility index (Phi) is 5.53. The zero-order valence-electron chi connectivity index (χ0n) is 10.6. The van der Waals surface area contributed by atoms with Crippen LogP contribution < -0.4 is 10.6 Å². The summed E-state index contributed by atoms with van der Waals surface area (Å²) in [6.45, 7) is 1.79. The predicted octanol–water partition coefficient (Wildman–Crippen LogP) is 0.316. The molecule has 0 bridgehead atoms. The van der Waals surface area contributed by atoms with Crippen LogP contribution in [0.5, 0.6) is 0 Å². The van der Waals surface area contributed by atoms with Crippen LogP contribution in [-0.2, 0) is 9.59 Å². The number of rotatable bonds is 6. The molecule has 0 unspecified atom stereocenters. The molecule has 0 fully saturated rings. The van der Waals surface area contributed by atoms with Crippen LogP contribution in [0.2, 0.25) is 0 Å². The molecule has 6 heteroatoms. The number of carboxylic acids is 1. The van der Waals surface area contributed by atoms with E-state index in [0.717, 1.165) is 5.56 Å². The number of hydrogen-bond donors (Lipinski definition) is 3. The van der Waals surface area contributed by atoms with Crippen LogP contribution in [0.1, 0.15) is 22.3 Å². The van der Waals surface area contributed by atoms with Crippen LogP contribution in [0.4, 0.5) is 0 Å². The number of aliphatic carboxylic acids is 1. The fourth-order valence-electron chi connectivity index (χ4n) is 1.34. The zero-order valence-corrected chi connectivity index (χ0v) is 10.6. The molecule has 1 aromatic carbocycles. The van der Waals surface area contributed by atoms with E-state index in [1.54, 1.807) is 12.1 Å². The van der Waals surface area contributed by atoms with Crippen molar-refractivity contribution in [2.45, 2.75) is 13.3 Å². The number of nitrogens with one attached hydrogen (secondary N) is 2. The monoisotopic (exact) mass is 264 g/mol. The van der Waals surface area contributed by atoms with Gasteiger partial charge in [-0.15, -0.1) is 0 Å². The molecule has 6 nitrogen and oxygen atoms in total. The number of carbonyl (C=O) groups excluding carboxylic acids is 2. The van der Waals surface area contributed by atoms with Crippen molar-refractivity contribution >= 4 is 17.8 Å². The first-order chi connectivity index (χ1) is 8.99. The van der Waals surface area contributed by atoms with Gasteiger partial charge in [0.2, 0.25) is 5.91 Å². The summed E-state index contributed by atoms with van der Waals surface area (Å²) in [5, 5.41) is 13.2. The summed E-state index contributed by atoms with van der Waals surface area (Å²) in [5.74, 6) is -1.74. The third-order valence-corrected chi connectivity index (χ3v) is 2.38. The molecular weight excluding hydrogens is 248 g/mol. The molecule has 1 rings (SSSR count). The van der Waals surface area contributed by atoms with Crippen molar-refractivity contribution in [3.63, 3.8) is 0 Å². The largest absolute Gasteiger partial charge is 0.481 e. The van der Waals surface area contributed by atoms with Crippen molar-refractivity contribution in [2.24, 2.45) is 0 Å². The van der Waals surface area contributed by atoms with Gasteiger partial charge in [0.25, 0.3) is 5.91 Å². The first kappa shape index (κ1) is 14.7. The van der Waals surface area contributed by atoms with Crippen molar-refractivity contribution < 1.29 is 19.5 Å². The second-order valence-corrected chi connectivity index (χ2v) is 4.04. The van der Waals surface area contributed by atoms with Gasteiger partial charge in [0, 0.05) is 12.1 Å². The predicted molar refractivity (Wildman–Crippen MR) is 68.8 cm³/mol. The van der Waals surface area contributed by atoms with E-state index in [-0.39, 0.29) is 25.4 Å². The van der Waals surface area contributed by atoms with Gasteiger partial charge in [-0.2, -0.15) is 0 Å². The second kappa shape index (κ2) is 7.15. The maximum Gasteiger partial charge on any atom is 0.305 e. The average Bonchev–Trinajstić information content (AvgIpc) is 2.36. The molecular formula is C13H16N2O4. The van der Waals surface area contributed by atoms with E-state index in [1.165, 1.54) is 0 Å². The van der Waals surface area contributed by atoms with E-state index in [9.17, 15) is 14.4 Å². The lowest BCUT2D eigenvalue weighted by molar-refractivity contribution is -0.136. The Balaban J connectivity index is 2.31. The lowest BCUT2D eigenvalue weighted by Gasteiger charge is -2.06. The number of hydrogen-bond acceptors (Lipinski definition) is 3. The van der Waals surface area contributed by atoms with E-state index in [1.807, 2.05) is 19.1 Å². The number of benzene rings is 1. The van der Waals surface area contributed by atoms with Gasteiger partial charge in [0.05, 0.1) is 13.0 Å². The fourth-order valence-corrected chi connectivity index (χ4v) is 1.34. The van der Waals surface area contributed by atoms with Gasteiger partial charge in [0.15, 0.2) is 0 Å². The second-order valence-electron chi connectivity index (χ2n) is 4.04. The summed E-state index contributed by atoms with van der Waals surface area (Å²) in [5.41, 5.74) is 1.52. The molecule has 0 aliphatic carbocycles. The quantitative estimate of drug-likeness (QED) is 0.689. The lowest BCUT2D eigenvalue weighted by atomic mass is 10.1. The maximum atomic E-state index is 11.7. The third kappa shape index (κ3) is 5.67. The molecule has 0 heterocycles. The summed E-state index contributed by atoms with van der Waals surface area (Å²) in [7, 11) is 0. The van der Waals surface area contributed by atoms with Gasteiger partial charge >= 0.3 is 5.97 Å². The van der Waals surface area contributed by atoms with Crippen LogP contribution in [-0.4, -0.2) is 36.0 Å². The van der Waals surface area contributed by atoms with Gasteiger partial charge in [-0.1, -0.05) is 17.7 Å². The average molecular weight is 264 g/mol. The number of amides is 2. The SMILES string of the molecule is Cc1ccc(C(=O)NCC(=O)NCCC(=O)O)cc1. The summed E-state index contributed by atoms with van der Waals surface area (Å²) >= 11 is 0. The number of carboxylic acid groups (broad SMARTS) is 1. The van der Waals surface area contributed by atoms with E-state index >= 15 is 0 Å². The summed E-state index contributed by atoms with van der Waals surface area (Å²) in [4.78, 5) is 33.2. The fraction of sp³-hybridized carbons (Fsp3) is 0.308. The van der Waals surface area contributed by atoms with Crippen molar-refractivity contribution in [3.05, 3.63) is 35.4 Å². The van der Waals surface area contributed by atoms with Gasteiger partial charge in [0.1, 0.15) is 0 Å². The Bertz CT molecular complexity index is 468. The van der Waals surface area contributed by atoms with Gasteiger partial charge in [-0.3, -0.25) is 14.4 Å². The van der Waals surface area contributed by atoms with E-state index in [4.69, 9.17) is 5.11 Å².